The van der Waals surface area contributed by atoms with Crippen molar-refractivity contribution in [3.63, 3.8) is 0 Å². The molecule has 11 nitrogen and oxygen atoms in total. The number of unbranched alkanes of at least 4 members (excludes halogenated alkanes) is 1. The summed E-state index contributed by atoms with van der Waals surface area (Å²) in [6.45, 7) is 4.55. The summed E-state index contributed by atoms with van der Waals surface area (Å²) in [7, 11) is 0. The lowest BCUT2D eigenvalue weighted by Crippen LogP contribution is -2.48. The SMILES string of the molecule is CC(C)CC1CC(=O)NC(Cc2ccccc2)CC(=O)N[C@@H](CCC(N)=O)CC(=O)N[C@@H](CCCCN)CC(=O)N1. The van der Waals surface area contributed by atoms with Crippen LogP contribution in [-0.2, 0) is 30.4 Å². The van der Waals surface area contributed by atoms with E-state index in [1.54, 1.807) is 0 Å². The average Bonchev–Trinajstić information content (AvgIpc) is 2.86. The lowest BCUT2D eigenvalue weighted by molar-refractivity contribution is -0.126. The van der Waals surface area contributed by atoms with Gasteiger partial charge in [-0.2, -0.15) is 0 Å². The molecule has 1 aromatic rings. The number of nitrogens with one attached hydrogen (secondary N) is 4. The zero-order chi connectivity index (χ0) is 30.2. The van der Waals surface area contributed by atoms with Gasteiger partial charge in [-0.3, -0.25) is 24.0 Å². The van der Waals surface area contributed by atoms with E-state index in [0.717, 1.165) is 18.4 Å². The van der Waals surface area contributed by atoms with Crippen molar-refractivity contribution in [1.29, 1.82) is 0 Å². The highest BCUT2D eigenvalue weighted by atomic mass is 16.2. The van der Waals surface area contributed by atoms with Gasteiger partial charge in [-0.15, -0.1) is 0 Å². The fourth-order valence-corrected chi connectivity index (χ4v) is 5.18. The minimum Gasteiger partial charge on any atom is -0.370 e. The molecule has 4 atom stereocenters. The number of benzene rings is 1. The van der Waals surface area contributed by atoms with Crippen LogP contribution in [0.25, 0.3) is 0 Å². The maximum atomic E-state index is 13.2. The maximum Gasteiger partial charge on any atom is 0.222 e. The van der Waals surface area contributed by atoms with E-state index in [1.807, 2.05) is 44.2 Å². The molecule has 1 aliphatic rings. The summed E-state index contributed by atoms with van der Waals surface area (Å²) in [5.41, 5.74) is 11.9. The van der Waals surface area contributed by atoms with Gasteiger partial charge in [0.15, 0.2) is 0 Å². The second-order valence-corrected chi connectivity index (χ2v) is 11.5. The van der Waals surface area contributed by atoms with Crippen LogP contribution >= 0.6 is 0 Å². The molecule has 8 N–H and O–H groups in total. The van der Waals surface area contributed by atoms with Crippen molar-refractivity contribution < 1.29 is 24.0 Å². The molecular formula is C30H48N6O5. The van der Waals surface area contributed by atoms with Crippen LogP contribution in [0.15, 0.2) is 30.3 Å². The van der Waals surface area contributed by atoms with Crippen molar-refractivity contribution >= 4 is 29.5 Å². The van der Waals surface area contributed by atoms with Gasteiger partial charge in [0.2, 0.25) is 29.5 Å². The Morgan fingerprint density at radius 2 is 1.24 bits per heavy atom. The molecule has 1 aliphatic heterocycles. The first-order valence-electron chi connectivity index (χ1n) is 14.7. The first-order chi connectivity index (χ1) is 19.5. The van der Waals surface area contributed by atoms with Crippen LogP contribution in [0.5, 0.6) is 0 Å². The molecule has 1 aromatic carbocycles. The minimum atomic E-state index is -0.634. The van der Waals surface area contributed by atoms with E-state index in [2.05, 4.69) is 21.3 Å². The molecule has 0 radical (unpaired) electrons. The number of hydrogen-bond acceptors (Lipinski definition) is 6. The van der Waals surface area contributed by atoms with Crippen molar-refractivity contribution in [2.75, 3.05) is 6.54 Å². The number of amides is 5. The summed E-state index contributed by atoms with van der Waals surface area (Å²) < 4.78 is 0. The molecule has 0 saturated carbocycles. The fourth-order valence-electron chi connectivity index (χ4n) is 5.18. The average molecular weight is 573 g/mol. The number of primary amides is 1. The molecule has 2 rings (SSSR count). The second-order valence-electron chi connectivity index (χ2n) is 11.5. The van der Waals surface area contributed by atoms with Crippen LogP contribution in [0.1, 0.15) is 83.6 Å². The molecule has 5 amide bonds. The molecule has 0 aliphatic carbocycles. The molecular weight excluding hydrogens is 524 g/mol. The Bertz CT molecular complexity index is 1000. The van der Waals surface area contributed by atoms with E-state index < -0.39 is 24.0 Å². The highest BCUT2D eigenvalue weighted by Gasteiger charge is 2.26. The van der Waals surface area contributed by atoms with Gasteiger partial charge in [-0.05, 0) is 50.1 Å². The summed E-state index contributed by atoms with van der Waals surface area (Å²) in [5, 5.41) is 11.8. The van der Waals surface area contributed by atoms with E-state index >= 15 is 0 Å². The zero-order valence-corrected chi connectivity index (χ0v) is 24.5. The lowest BCUT2D eigenvalue weighted by Gasteiger charge is -2.26. The van der Waals surface area contributed by atoms with Crippen LogP contribution in [-0.4, -0.2) is 60.2 Å². The maximum absolute atomic E-state index is 13.2. The van der Waals surface area contributed by atoms with E-state index in [4.69, 9.17) is 11.5 Å². The molecule has 0 aromatic heterocycles. The van der Waals surface area contributed by atoms with Gasteiger partial charge in [-0.1, -0.05) is 50.6 Å². The Morgan fingerprint density at radius 1 is 0.756 bits per heavy atom. The van der Waals surface area contributed by atoms with Crippen molar-refractivity contribution in [2.45, 2.75) is 109 Å². The van der Waals surface area contributed by atoms with Crippen LogP contribution in [0.2, 0.25) is 0 Å². The minimum absolute atomic E-state index is 0.00196. The Kier molecular flexibility index (Phi) is 14.9. The summed E-state index contributed by atoms with van der Waals surface area (Å²) >= 11 is 0. The van der Waals surface area contributed by atoms with Crippen LogP contribution in [0, 0.1) is 5.92 Å². The highest BCUT2D eigenvalue weighted by Crippen LogP contribution is 2.14. The molecule has 228 valence electrons. The third-order valence-corrected chi connectivity index (χ3v) is 7.01. The van der Waals surface area contributed by atoms with Gasteiger partial charge in [0.05, 0.1) is 0 Å². The molecule has 41 heavy (non-hydrogen) atoms. The Hall–Kier alpha value is -3.47. The second kappa shape index (κ2) is 18.1. The number of carbonyl (C=O) groups excluding carboxylic acids is 5. The predicted molar refractivity (Wildman–Crippen MR) is 157 cm³/mol. The number of nitrogens with two attached hydrogens (primary N) is 2. The van der Waals surface area contributed by atoms with Crippen molar-refractivity contribution in [3.05, 3.63) is 35.9 Å². The first kappa shape index (κ1) is 33.7. The van der Waals surface area contributed by atoms with Gasteiger partial charge < -0.3 is 32.7 Å². The standard InChI is InChI=1S/C30H48N6O5/c1-20(2)14-24-18-30(41)36-25(15-21-8-4-3-5-9-21)19-29(40)34-23(11-12-26(32)37)17-27(38)33-22(10-6-7-13-31)16-28(39)35-24/h3-5,8-9,20,22-25H,6-7,10-19,31H2,1-2H3,(H2,32,37)(H,33,38)(H,34,40)(H,35,39)(H,36,41)/t22-,23-,24?,25?/m0/s1. The molecule has 0 bridgehead atoms. The normalized spacial score (nSPS) is 23.3. The number of carbonyl (C=O) groups is 5. The summed E-state index contributed by atoms with van der Waals surface area (Å²) in [6.07, 6.45) is 3.32. The van der Waals surface area contributed by atoms with Gasteiger partial charge in [0.1, 0.15) is 0 Å². The number of rotatable bonds is 11. The fraction of sp³-hybridized carbons (Fsp3) is 0.633. The quantitative estimate of drug-likeness (QED) is 0.216. The molecule has 2 unspecified atom stereocenters. The smallest absolute Gasteiger partial charge is 0.222 e. The van der Waals surface area contributed by atoms with E-state index in [1.165, 1.54) is 0 Å². The van der Waals surface area contributed by atoms with Crippen molar-refractivity contribution in [3.8, 4) is 0 Å². The Morgan fingerprint density at radius 3 is 1.78 bits per heavy atom. The Balaban J connectivity index is 2.31. The summed E-state index contributed by atoms with van der Waals surface area (Å²) in [4.78, 5) is 64.0. The summed E-state index contributed by atoms with van der Waals surface area (Å²) in [6, 6.07) is 7.56. The van der Waals surface area contributed by atoms with Gasteiger partial charge in [-0.25, -0.2) is 0 Å². The van der Waals surface area contributed by atoms with Gasteiger partial charge >= 0.3 is 0 Å². The van der Waals surface area contributed by atoms with Crippen LogP contribution in [0.4, 0.5) is 0 Å². The highest BCUT2D eigenvalue weighted by molar-refractivity contribution is 5.84. The van der Waals surface area contributed by atoms with Gasteiger partial charge in [0, 0.05) is 56.3 Å². The summed E-state index contributed by atoms with van der Waals surface area (Å²) in [5.74, 6) is -1.46. The van der Waals surface area contributed by atoms with Crippen LogP contribution < -0.4 is 32.7 Å². The molecule has 1 fully saturated rings. The van der Waals surface area contributed by atoms with E-state index in [9.17, 15) is 24.0 Å². The zero-order valence-electron chi connectivity index (χ0n) is 24.5. The van der Waals surface area contributed by atoms with E-state index in [-0.39, 0.29) is 74.1 Å². The molecule has 11 heteroatoms. The topological polar surface area (TPSA) is 186 Å². The molecule has 0 spiro atoms. The molecule has 1 saturated heterocycles. The largest absolute Gasteiger partial charge is 0.370 e. The van der Waals surface area contributed by atoms with Crippen molar-refractivity contribution in [2.24, 2.45) is 17.4 Å². The number of hydrogen-bond donors (Lipinski definition) is 6. The monoisotopic (exact) mass is 572 g/mol. The van der Waals surface area contributed by atoms with E-state index in [0.29, 0.717) is 25.8 Å². The first-order valence-corrected chi connectivity index (χ1v) is 14.7. The lowest BCUT2D eigenvalue weighted by atomic mass is 9.98. The van der Waals surface area contributed by atoms with Crippen molar-refractivity contribution in [1.82, 2.24) is 21.3 Å². The van der Waals surface area contributed by atoms with Gasteiger partial charge in [0.25, 0.3) is 0 Å². The Labute approximate surface area is 243 Å². The third kappa shape index (κ3) is 14.6. The predicted octanol–water partition coefficient (Wildman–Crippen LogP) is 1.18. The third-order valence-electron chi connectivity index (χ3n) is 7.01. The molecule has 1 heterocycles. The van der Waals surface area contributed by atoms with Crippen LogP contribution in [0.3, 0.4) is 0 Å².